The van der Waals surface area contributed by atoms with Crippen LogP contribution in [0.15, 0.2) is 24.3 Å². The van der Waals surface area contributed by atoms with E-state index in [2.05, 4.69) is 4.74 Å². The van der Waals surface area contributed by atoms with Crippen molar-refractivity contribution in [2.75, 3.05) is 14.2 Å². The molecule has 4 heteroatoms. The second-order valence-electron chi connectivity index (χ2n) is 3.90. The van der Waals surface area contributed by atoms with E-state index in [1.54, 1.807) is 7.11 Å². The Morgan fingerprint density at radius 1 is 1.29 bits per heavy atom. The molecule has 0 bridgehead atoms. The first kappa shape index (κ1) is 13.7. The van der Waals surface area contributed by atoms with E-state index in [9.17, 15) is 4.79 Å². The Morgan fingerprint density at radius 2 is 1.94 bits per heavy atom. The summed E-state index contributed by atoms with van der Waals surface area (Å²) in [6.45, 7) is 0.595. The van der Waals surface area contributed by atoms with Gasteiger partial charge < -0.3 is 15.2 Å². The van der Waals surface area contributed by atoms with Crippen molar-refractivity contribution in [2.45, 2.75) is 25.5 Å². The second-order valence-corrected chi connectivity index (χ2v) is 3.90. The molecule has 94 valence electrons. The maximum atomic E-state index is 11.0. The third-order valence-corrected chi connectivity index (χ3v) is 2.61. The molecule has 0 aromatic heterocycles. The zero-order valence-corrected chi connectivity index (χ0v) is 10.3. The molecule has 0 radical (unpaired) electrons. The van der Waals surface area contributed by atoms with E-state index in [1.165, 1.54) is 7.11 Å². The Balaban J connectivity index is 2.51. The van der Waals surface area contributed by atoms with Crippen LogP contribution in [0.3, 0.4) is 0 Å². The van der Waals surface area contributed by atoms with E-state index in [-0.39, 0.29) is 12.0 Å². The number of benzene rings is 1. The molecule has 0 amide bonds. The van der Waals surface area contributed by atoms with E-state index in [0.717, 1.165) is 11.1 Å². The van der Waals surface area contributed by atoms with E-state index in [0.29, 0.717) is 19.4 Å². The highest BCUT2D eigenvalue weighted by Gasteiger charge is 2.09. The average Bonchev–Trinajstić information content (AvgIpc) is 2.36. The summed E-state index contributed by atoms with van der Waals surface area (Å²) in [7, 11) is 3.05. The van der Waals surface area contributed by atoms with Crippen LogP contribution in [0.4, 0.5) is 0 Å². The van der Waals surface area contributed by atoms with E-state index < -0.39 is 0 Å². The highest BCUT2D eigenvalue weighted by Crippen LogP contribution is 2.17. The van der Waals surface area contributed by atoms with Crippen LogP contribution >= 0.6 is 0 Å². The summed E-state index contributed by atoms with van der Waals surface area (Å²) in [5.74, 6) is -0.226. The maximum absolute atomic E-state index is 11.0. The first-order chi connectivity index (χ1) is 8.17. The lowest BCUT2D eigenvalue weighted by molar-refractivity contribution is -0.140. The largest absolute Gasteiger partial charge is 0.469 e. The molecule has 0 spiro atoms. The van der Waals surface area contributed by atoms with Gasteiger partial charge in [0.25, 0.3) is 0 Å². The van der Waals surface area contributed by atoms with Gasteiger partial charge in [-0.2, -0.15) is 0 Å². The summed E-state index contributed by atoms with van der Waals surface area (Å²) < 4.78 is 9.61. The Hall–Kier alpha value is -1.39. The fourth-order valence-corrected chi connectivity index (χ4v) is 1.57. The summed E-state index contributed by atoms with van der Waals surface area (Å²) in [6, 6.07) is 7.77. The number of methoxy groups -OCH3 is 2. The van der Waals surface area contributed by atoms with Crippen LogP contribution in [-0.2, 0) is 20.9 Å². The SMILES string of the molecule is COCc1ccc(C(N)CCC(=O)OC)cc1. The number of ether oxygens (including phenoxy) is 2. The number of esters is 1. The quantitative estimate of drug-likeness (QED) is 0.766. The zero-order chi connectivity index (χ0) is 12.7. The molecule has 1 unspecified atom stereocenters. The molecule has 2 N–H and O–H groups in total. The van der Waals surface area contributed by atoms with Gasteiger partial charge in [-0.05, 0) is 17.5 Å². The molecular weight excluding hydrogens is 218 g/mol. The number of hydrogen-bond donors (Lipinski definition) is 1. The van der Waals surface area contributed by atoms with E-state index in [4.69, 9.17) is 10.5 Å². The molecule has 0 heterocycles. The predicted molar refractivity (Wildman–Crippen MR) is 65.3 cm³/mol. The van der Waals surface area contributed by atoms with Gasteiger partial charge in [-0.25, -0.2) is 0 Å². The highest BCUT2D eigenvalue weighted by atomic mass is 16.5. The first-order valence-electron chi connectivity index (χ1n) is 5.57. The molecular formula is C13H19NO3. The molecule has 1 atom stereocenters. The van der Waals surface area contributed by atoms with Crippen molar-refractivity contribution in [2.24, 2.45) is 5.73 Å². The van der Waals surface area contributed by atoms with Gasteiger partial charge in [-0.3, -0.25) is 4.79 Å². The molecule has 0 saturated heterocycles. The molecule has 1 aromatic carbocycles. The molecule has 1 aromatic rings. The Bertz CT molecular complexity index is 348. The number of rotatable bonds is 6. The number of hydrogen-bond acceptors (Lipinski definition) is 4. The summed E-state index contributed by atoms with van der Waals surface area (Å²) >= 11 is 0. The number of nitrogens with two attached hydrogens (primary N) is 1. The van der Waals surface area contributed by atoms with Crippen molar-refractivity contribution in [1.82, 2.24) is 0 Å². The number of carbonyl (C=O) groups excluding carboxylic acids is 1. The van der Waals surface area contributed by atoms with Crippen LogP contribution in [0.1, 0.15) is 30.0 Å². The van der Waals surface area contributed by atoms with Crippen LogP contribution in [-0.4, -0.2) is 20.2 Å². The van der Waals surface area contributed by atoms with Crippen LogP contribution in [0, 0.1) is 0 Å². The van der Waals surface area contributed by atoms with Crippen molar-refractivity contribution in [3.8, 4) is 0 Å². The lowest BCUT2D eigenvalue weighted by atomic mass is 10.0. The third-order valence-electron chi connectivity index (χ3n) is 2.61. The predicted octanol–water partition coefficient (Wildman–Crippen LogP) is 1.79. The van der Waals surface area contributed by atoms with Gasteiger partial charge in [-0.15, -0.1) is 0 Å². The zero-order valence-electron chi connectivity index (χ0n) is 10.3. The standard InChI is InChI=1S/C13H19NO3/c1-16-9-10-3-5-11(6-4-10)12(14)7-8-13(15)17-2/h3-6,12H,7-9,14H2,1-2H3. The first-order valence-corrected chi connectivity index (χ1v) is 5.57. The molecule has 4 nitrogen and oxygen atoms in total. The van der Waals surface area contributed by atoms with Crippen molar-refractivity contribution in [3.63, 3.8) is 0 Å². The Labute approximate surface area is 102 Å². The van der Waals surface area contributed by atoms with Crippen LogP contribution in [0.2, 0.25) is 0 Å². The van der Waals surface area contributed by atoms with Gasteiger partial charge >= 0.3 is 5.97 Å². The topological polar surface area (TPSA) is 61.5 Å². The smallest absolute Gasteiger partial charge is 0.305 e. The van der Waals surface area contributed by atoms with Crippen molar-refractivity contribution in [3.05, 3.63) is 35.4 Å². The summed E-state index contributed by atoms with van der Waals surface area (Å²) in [5.41, 5.74) is 8.11. The van der Waals surface area contributed by atoms with Crippen LogP contribution < -0.4 is 5.73 Å². The minimum atomic E-state index is -0.226. The Morgan fingerprint density at radius 3 is 2.47 bits per heavy atom. The van der Waals surface area contributed by atoms with E-state index in [1.807, 2.05) is 24.3 Å². The summed E-state index contributed by atoms with van der Waals surface area (Å²) in [4.78, 5) is 11.0. The monoisotopic (exact) mass is 237 g/mol. The van der Waals surface area contributed by atoms with Gasteiger partial charge in [0.1, 0.15) is 0 Å². The molecule has 0 aliphatic rings. The average molecular weight is 237 g/mol. The van der Waals surface area contributed by atoms with Crippen LogP contribution in [0.25, 0.3) is 0 Å². The van der Waals surface area contributed by atoms with Crippen LogP contribution in [0.5, 0.6) is 0 Å². The lowest BCUT2D eigenvalue weighted by Crippen LogP contribution is -2.13. The fourth-order valence-electron chi connectivity index (χ4n) is 1.57. The molecule has 17 heavy (non-hydrogen) atoms. The van der Waals surface area contributed by atoms with Crippen molar-refractivity contribution in [1.29, 1.82) is 0 Å². The molecule has 1 rings (SSSR count). The third kappa shape index (κ3) is 4.54. The lowest BCUT2D eigenvalue weighted by Gasteiger charge is -2.11. The van der Waals surface area contributed by atoms with Gasteiger partial charge in [0.05, 0.1) is 13.7 Å². The van der Waals surface area contributed by atoms with E-state index >= 15 is 0 Å². The normalized spacial score (nSPS) is 12.2. The van der Waals surface area contributed by atoms with Gasteiger partial charge in [0.2, 0.25) is 0 Å². The second kappa shape index (κ2) is 7.04. The van der Waals surface area contributed by atoms with Gasteiger partial charge in [0.15, 0.2) is 0 Å². The fraction of sp³-hybridized carbons (Fsp3) is 0.462. The van der Waals surface area contributed by atoms with Gasteiger partial charge in [0, 0.05) is 19.6 Å². The summed E-state index contributed by atoms with van der Waals surface area (Å²) in [6.07, 6.45) is 0.938. The minimum absolute atomic E-state index is 0.134. The van der Waals surface area contributed by atoms with Gasteiger partial charge in [-0.1, -0.05) is 24.3 Å². The van der Waals surface area contributed by atoms with Crippen molar-refractivity contribution >= 4 is 5.97 Å². The molecule has 0 aliphatic heterocycles. The molecule has 0 saturated carbocycles. The summed E-state index contributed by atoms with van der Waals surface area (Å²) in [5, 5.41) is 0. The molecule has 0 fully saturated rings. The van der Waals surface area contributed by atoms with Crippen molar-refractivity contribution < 1.29 is 14.3 Å². The number of carbonyl (C=O) groups is 1. The minimum Gasteiger partial charge on any atom is -0.469 e. The molecule has 0 aliphatic carbocycles. The highest BCUT2D eigenvalue weighted by molar-refractivity contribution is 5.69. The maximum Gasteiger partial charge on any atom is 0.305 e. The Kier molecular flexibility index (Phi) is 5.66.